The lowest BCUT2D eigenvalue weighted by Crippen LogP contribution is -2.36. The first kappa shape index (κ1) is 18.1. The van der Waals surface area contributed by atoms with E-state index in [9.17, 15) is 14.0 Å². The maximum absolute atomic E-state index is 13.5. The third-order valence-corrected chi connectivity index (χ3v) is 6.10. The Morgan fingerprint density at radius 2 is 1.76 bits per heavy atom. The van der Waals surface area contributed by atoms with E-state index in [0.717, 1.165) is 50.0 Å². The molecular weight excluding hydrogens is 371 g/mol. The lowest BCUT2D eigenvalue weighted by atomic mass is 9.76. The molecule has 1 saturated heterocycles. The van der Waals surface area contributed by atoms with E-state index in [-0.39, 0.29) is 17.2 Å². The van der Waals surface area contributed by atoms with Gasteiger partial charge in [-0.2, -0.15) is 4.98 Å². The first-order chi connectivity index (χ1) is 14.1. The van der Waals surface area contributed by atoms with Gasteiger partial charge in [0, 0.05) is 36.7 Å². The Hall–Kier alpha value is -2.96. The topological polar surface area (TPSA) is 78.1 Å². The van der Waals surface area contributed by atoms with Crippen molar-refractivity contribution < 1.29 is 9.18 Å². The van der Waals surface area contributed by atoms with E-state index in [4.69, 9.17) is 4.98 Å². The highest BCUT2D eigenvalue weighted by Crippen LogP contribution is 2.43. The van der Waals surface area contributed by atoms with Gasteiger partial charge < -0.3 is 10.2 Å². The van der Waals surface area contributed by atoms with Crippen LogP contribution in [0.4, 0.5) is 16.2 Å². The molecule has 2 aliphatic heterocycles. The molecule has 150 valence electrons. The van der Waals surface area contributed by atoms with Crippen LogP contribution < -0.4 is 15.8 Å². The molecule has 6 nitrogen and oxygen atoms in total. The Morgan fingerprint density at radius 1 is 1.00 bits per heavy atom. The minimum Gasteiger partial charge on any atom is -0.343 e. The number of aromatic amines is 1. The molecule has 1 atom stereocenters. The SMILES string of the molecule is O=C1CCCC2=C1[C@H](c1ccc(F)cc1)c1c(nc(N3CCCCC3)[nH]c1=O)N2. The number of rotatable bonds is 2. The number of fused-ring (bicyclic) bond motifs is 1. The molecule has 3 heterocycles. The van der Waals surface area contributed by atoms with Gasteiger partial charge in [0.2, 0.25) is 5.95 Å². The summed E-state index contributed by atoms with van der Waals surface area (Å²) in [6.07, 6.45) is 5.33. The van der Waals surface area contributed by atoms with Crippen LogP contribution in [0.3, 0.4) is 0 Å². The molecule has 0 amide bonds. The van der Waals surface area contributed by atoms with Crippen LogP contribution in [0, 0.1) is 5.82 Å². The highest BCUT2D eigenvalue weighted by molar-refractivity contribution is 6.00. The van der Waals surface area contributed by atoms with E-state index in [1.165, 1.54) is 18.6 Å². The zero-order chi connectivity index (χ0) is 20.0. The zero-order valence-corrected chi connectivity index (χ0v) is 16.1. The second-order valence-electron chi connectivity index (χ2n) is 7.98. The number of piperidine rings is 1. The van der Waals surface area contributed by atoms with Crippen LogP contribution in [0.25, 0.3) is 0 Å². The van der Waals surface area contributed by atoms with Crippen LogP contribution in [0.5, 0.6) is 0 Å². The summed E-state index contributed by atoms with van der Waals surface area (Å²) >= 11 is 0. The zero-order valence-electron chi connectivity index (χ0n) is 16.1. The van der Waals surface area contributed by atoms with Gasteiger partial charge >= 0.3 is 0 Å². The standard InChI is InChI=1S/C22H23FN4O2/c23-14-9-7-13(8-10-14)17-18-15(5-4-6-16(18)28)24-20-19(17)21(29)26-22(25-20)27-11-2-1-3-12-27/h7-10,17H,1-6,11-12H2,(H2,24,25,26,29)/t17-/m0/s1. The van der Waals surface area contributed by atoms with Gasteiger partial charge in [-0.1, -0.05) is 12.1 Å². The number of halogens is 1. The van der Waals surface area contributed by atoms with E-state index in [2.05, 4.69) is 15.2 Å². The van der Waals surface area contributed by atoms with Gasteiger partial charge in [-0.25, -0.2) is 4.39 Å². The molecule has 3 aliphatic rings. The average Bonchev–Trinajstić information content (AvgIpc) is 2.74. The molecule has 0 spiro atoms. The highest BCUT2D eigenvalue weighted by atomic mass is 19.1. The smallest absolute Gasteiger partial charge is 0.258 e. The van der Waals surface area contributed by atoms with Gasteiger partial charge in [-0.3, -0.25) is 14.6 Å². The van der Waals surface area contributed by atoms with Crippen molar-refractivity contribution in [2.24, 2.45) is 0 Å². The van der Waals surface area contributed by atoms with Crippen LogP contribution in [0.15, 0.2) is 40.3 Å². The number of carbonyl (C=O) groups is 1. The Kier molecular flexibility index (Phi) is 4.45. The number of aromatic nitrogens is 2. The van der Waals surface area contributed by atoms with Crippen molar-refractivity contribution in [1.29, 1.82) is 0 Å². The molecular formula is C22H23FN4O2. The molecule has 7 heteroatoms. The van der Waals surface area contributed by atoms with Gasteiger partial charge in [-0.15, -0.1) is 0 Å². The van der Waals surface area contributed by atoms with Crippen molar-refractivity contribution in [3.8, 4) is 0 Å². The number of allylic oxidation sites excluding steroid dienone is 2. The summed E-state index contributed by atoms with van der Waals surface area (Å²) in [7, 11) is 0. The molecule has 29 heavy (non-hydrogen) atoms. The summed E-state index contributed by atoms with van der Waals surface area (Å²) in [4.78, 5) is 35.8. The second kappa shape index (κ2) is 7.13. The minimum atomic E-state index is -0.527. The molecule has 0 radical (unpaired) electrons. The van der Waals surface area contributed by atoms with Gasteiger partial charge in [0.1, 0.15) is 11.6 Å². The summed E-state index contributed by atoms with van der Waals surface area (Å²) in [5, 5.41) is 3.29. The molecule has 1 aromatic heterocycles. The number of benzene rings is 1. The molecule has 0 unspecified atom stereocenters. The normalized spacial score (nSPS) is 21.5. The van der Waals surface area contributed by atoms with Crippen LogP contribution in [-0.2, 0) is 4.79 Å². The third-order valence-electron chi connectivity index (χ3n) is 6.10. The summed E-state index contributed by atoms with van der Waals surface area (Å²) in [5.74, 6) is 0.251. The lowest BCUT2D eigenvalue weighted by molar-refractivity contribution is -0.116. The fourth-order valence-corrected chi connectivity index (χ4v) is 4.69. The fourth-order valence-electron chi connectivity index (χ4n) is 4.69. The molecule has 2 N–H and O–H groups in total. The van der Waals surface area contributed by atoms with E-state index in [1.54, 1.807) is 12.1 Å². The molecule has 1 aromatic carbocycles. The number of anilines is 2. The number of nitrogens with one attached hydrogen (secondary N) is 2. The fraction of sp³-hybridized carbons (Fsp3) is 0.409. The van der Waals surface area contributed by atoms with E-state index in [0.29, 0.717) is 29.3 Å². The summed E-state index contributed by atoms with van der Waals surface area (Å²) in [6.45, 7) is 1.74. The predicted molar refractivity (Wildman–Crippen MR) is 109 cm³/mol. The maximum atomic E-state index is 13.5. The van der Waals surface area contributed by atoms with E-state index < -0.39 is 5.92 Å². The Labute approximate surface area is 167 Å². The number of H-pyrrole nitrogens is 1. The quantitative estimate of drug-likeness (QED) is 0.816. The number of carbonyl (C=O) groups excluding carboxylic acids is 1. The minimum absolute atomic E-state index is 0.0400. The van der Waals surface area contributed by atoms with Gasteiger partial charge in [0.15, 0.2) is 5.78 Å². The molecule has 0 saturated carbocycles. The Bertz CT molecular complexity index is 1050. The molecule has 0 bridgehead atoms. The predicted octanol–water partition coefficient (Wildman–Crippen LogP) is 3.46. The Balaban J connectivity index is 1.67. The van der Waals surface area contributed by atoms with Crippen molar-refractivity contribution in [1.82, 2.24) is 9.97 Å². The van der Waals surface area contributed by atoms with Crippen molar-refractivity contribution >= 4 is 17.5 Å². The molecule has 1 aliphatic carbocycles. The monoisotopic (exact) mass is 394 g/mol. The highest BCUT2D eigenvalue weighted by Gasteiger charge is 2.38. The summed E-state index contributed by atoms with van der Waals surface area (Å²) in [5.41, 5.74) is 2.38. The largest absolute Gasteiger partial charge is 0.343 e. The van der Waals surface area contributed by atoms with Crippen LogP contribution in [-0.4, -0.2) is 28.8 Å². The number of Topliss-reactive ketones (excluding diaryl/α,β-unsaturated/α-hetero) is 1. The number of nitrogens with zero attached hydrogens (tertiary/aromatic N) is 2. The van der Waals surface area contributed by atoms with E-state index >= 15 is 0 Å². The third kappa shape index (κ3) is 3.14. The van der Waals surface area contributed by atoms with Crippen molar-refractivity contribution in [3.05, 3.63) is 62.8 Å². The van der Waals surface area contributed by atoms with Crippen molar-refractivity contribution in [2.75, 3.05) is 23.3 Å². The second-order valence-corrected chi connectivity index (χ2v) is 7.98. The number of hydrogen-bond acceptors (Lipinski definition) is 5. The van der Waals surface area contributed by atoms with Gasteiger partial charge in [0.05, 0.1) is 5.56 Å². The van der Waals surface area contributed by atoms with E-state index in [1.807, 2.05) is 0 Å². The molecule has 1 fully saturated rings. The summed E-state index contributed by atoms with van der Waals surface area (Å²) in [6, 6.07) is 6.04. The van der Waals surface area contributed by atoms with Crippen LogP contribution in [0.2, 0.25) is 0 Å². The molecule has 5 rings (SSSR count). The van der Waals surface area contributed by atoms with Crippen LogP contribution in [0.1, 0.15) is 55.6 Å². The average molecular weight is 394 g/mol. The molecule has 2 aromatic rings. The number of hydrogen-bond donors (Lipinski definition) is 2. The Morgan fingerprint density at radius 3 is 2.52 bits per heavy atom. The number of ketones is 1. The lowest BCUT2D eigenvalue weighted by Gasteiger charge is -2.34. The first-order valence-corrected chi connectivity index (χ1v) is 10.3. The van der Waals surface area contributed by atoms with Gasteiger partial charge in [-0.05, 0) is 49.8 Å². The van der Waals surface area contributed by atoms with Crippen LogP contribution >= 0.6 is 0 Å². The first-order valence-electron chi connectivity index (χ1n) is 10.3. The van der Waals surface area contributed by atoms with Crippen molar-refractivity contribution in [2.45, 2.75) is 44.4 Å². The summed E-state index contributed by atoms with van der Waals surface area (Å²) < 4.78 is 13.5. The van der Waals surface area contributed by atoms with Crippen molar-refractivity contribution in [3.63, 3.8) is 0 Å². The van der Waals surface area contributed by atoms with Gasteiger partial charge in [0.25, 0.3) is 5.56 Å². The maximum Gasteiger partial charge on any atom is 0.258 e.